The normalized spacial score (nSPS) is 10.7. The van der Waals surface area contributed by atoms with Crippen molar-refractivity contribution in [1.82, 2.24) is 4.90 Å². The summed E-state index contributed by atoms with van der Waals surface area (Å²) in [6.07, 6.45) is 0. The fraction of sp³-hybridized carbons (Fsp3) is 0.333. The maximum Gasteiger partial charge on any atom is 0.119 e. The number of likely N-dealkylation sites (N-methyl/N-ethyl adjacent to an activating group) is 1. The summed E-state index contributed by atoms with van der Waals surface area (Å²) < 4.78 is 5.24. The Morgan fingerprint density at radius 3 is 2.10 bits per heavy atom. The number of rotatable bonds is 7. The van der Waals surface area contributed by atoms with Crippen LogP contribution in [0.5, 0.6) is 5.75 Å². The van der Waals surface area contributed by atoms with E-state index >= 15 is 0 Å². The minimum Gasteiger partial charge on any atom is -0.497 e. The zero-order chi connectivity index (χ0) is 15.1. The van der Waals surface area contributed by atoms with Crippen LogP contribution in [0.3, 0.4) is 0 Å². The molecule has 0 unspecified atom stereocenters. The highest BCUT2D eigenvalue weighted by Gasteiger charge is 2.08. The van der Waals surface area contributed by atoms with Crippen LogP contribution in [0.25, 0.3) is 0 Å². The molecule has 0 fully saturated rings. The van der Waals surface area contributed by atoms with E-state index in [1.54, 1.807) is 7.11 Å². The molecule has 0 heterocycles. The number of benzene rings is 2. The summed E-state index contributed by atoms with van der Waals surface area (Å²) in [5.41, 5.74) is 2.55. The number of nitrogens with zero attached hydrogens (tertiary/aromatic N) is 2. The lowest BCUT2D eigenvalue weighted by Crippen LogP contribution is -2.31. The van der Waals surface area contributed by atoms with Crippen LogP contribution in [0.1, 0.15) is 5.56 Å². The van der Waals surface area contributed by atoms with Gasteiger partial charge in [-0.25, -0.2) is 0 Å². The zero-order valence-electron chi connectivity index (χ0n) is 13.1. The topological polar surface area (TPSA) is 15.7 Å². The third-order valence-electron chi connectivity index (χ3n) is 3.47. The molecule has 0 bridgehead atoms. The van der Waals surface area contributed by atoms with Gasteiger partial charge in [0.05, 0.1) is 7.11 Å². The van der Waals surface area contributed by atoms with E-state index in [4.69, 9.17) is 4.74 Å². The molecule has 3 nitrogen and oxygen atoms in total. The number of methoxy groups -OCH3 is 1. The highest BCUT2D eigenvalue weighted by atomic mass is 16.5. The van der Waals surface area contributed by atoms with Crippen molar-refractivity contribution in [3.05, 3.63) is 60.2 Å². The molecule has 2 aromatic carbocycles. The van der Waals surface area contributed by atoms with E-state index in [0.717, 1.165) is 25.4 Å². The Hall–Kier alpha value is -2.00. The first kappa shape index (κ1) is 15.4. The number of anilines is 1. The smallest absolute Gasteiger partial charge is 0.119 e. The van der Waals surface area contributed by atoms with Crippen LogP contribution >= 0.6 is 0 Å². The van der Waals surface area contributed by atoms with Crippen molar-refractivity contribution in [3.8, 4) is 5.75 Å². The molecule has 0 aliphatic rings. The maximum absolute atomic E-state index is 5.24. The number of hydrogen-bond donors (Lipinski definition) is 0. The molecular weight excluding hydrogens is 260 g/mol. The van der Waals surface area contributed by atoms with Crippen LogP contribution in [0.2, 0.25) is 0 Å². The lowest BCUT2D eigenvalue weighted by atomic mass is 10.2. The molecular formula is C18H24N2O. The van der Waals surface area contributed by atoms with Gasteiger partial charge in [-0.05, 0) is 43.9 Å². The lowest BCUT2D eigenvalue weighted by molar-refractivity contribution is 0.411. The Labute approximate surface area is 127 Å². The van der Waals surface area contributed by atoms with Gasteiger partial charge < -0.3 is 14.5 Å². The second-order valence-corrected chi connectivity index (χ2v) is 5.41. The Morgan fingerprint density at radius 1 is 0.857 bits per heavy atom. The first-order valence-electron chi connectivity index (χ1n) is 7.26. The van der Waals surface area contributed by atoms with Crippen LogP contribution in [-0.4, -0.2) is 39.2 Å². The fourth-order valence-corrected chi connectivity index (χ4v) is 2.22. The monoisotopic (exact) mass is 284 g/mol. The second kappa shape index (κ2) is 7.70. The van der Waals surface area contributed by atoms with Gasteiger partial charge in [-0.1, -0.05) is 30.3 Å². The molecule has 0 atom stereocenters. The predicted octanol–water partition coefficient (Wildman–Crippen LogP) is 3.26. The molecule has 112 valence electrons. The van der Waals surface area contributed by atoms with E-state index in [2.05, 4.69) is 66.4 Å². The molecule has 0 amide bonds. The van der Waals surface area contributed by atoms with E-state index in [-0.39, 0.29) is 0 Å². The summed E-state index contributed by atoms with van der Waals surface area (Å²) in [4.78, 5) is 4.61. The molecule has 0 spiro atoms. The Morgan fingerprint density at radius 2 is 1.52 bits per heavy atom. The van der Waals surface area contributed by atoms with Crippen LogP contribution < -0.4 is 9.64 Å². The first-order chi connectivity index (χ1) is 10.2. The standard InChI is InChI=1S/C18H24N2O/c1-19(2)13-14-20(15-16-7-5-4-6-8-16)17-9-11-18(21-3)12-10-17/h4-12H,13-15H2,1-3H3. The van der Waals surface area contributed by atoms with Gasteiger partial charge in [0.25, 0.3) is 0 Å². The summed E-state index contributed by atoms with van der Waals surface area (Å²) in [6, 6.07) is 18.9. The van der Waals surface area contributed by atoms with Crippen LogP contribution in [0.4, 0.5) is 5.69 Å². The van der Waals surface area contributed by atoms with Crippen molar-refractivity contribution < 1.29 is 4.74 Å². The van der Waals surface area contributed by atoms with Gasteiger partial charge in [0.2, 0.25) is 0 Å². The molecule has 0 aliphatic heterocycles. The maximum atomic E-state index is 5.24. The summed E-state index contributed by atoms with van der Waals surface area (Å²) in [7, 11) is 5.91. The fourth-order valence-electron chi connectivity index (χ4n) is 2.22. The third-order valence-corrected chi connectivity index (χ3v) is 3.47. The molecule has 0 aromatic heterocycles. The Bertz CT molecular complexity index is 523. The van der Waals surface area contributed by atoms with Crippen molar-refractivity contribution in [2.75, 3.05) is 39.2 Å². The van der Waals surface area contributed by atoms with Crippen molar-refractivity contribution >= 4 is 5.69 Å². The number of ether oxygens (including phenoxy) is 1. The second-order valence-electron chi connectivity index (χ2n) is 5.41. The van der Waals surface area contributed by atoms with Crippen molar-refractivity contribution in [2.24, 2.45) is 0 Å². The molecule has 0 saturated heterocycles. The van der Waals surface area contributed by atoms with Gasteiger partial charge in [0.1, 0.15) is 5.75 Å². The van der Waals surface area contributed by atoms with Crippen LogP contribution in [0.15, 0.2) is 54.6 Å². The van der Waals surface area contributed by atoms with E-state index in [1.165, 1.54) is 11.3 Å². The minimum atomic E-state index is 0.894. The van der Waals surface area contributed by atoms with Gasteiger partial charge in [-0.3, -0.25) is 0 Å². The lowest BCUT2D eigenvalue weighted by Gasteiger charge is -2.26. The molecule has 0 aliphatic carbocycles. The first-order valence-corrected chi connectivity index (χ1v) is 7.26. The largest absolute Gasteiger partial charge is 0.497 e. The average molecular weight is 284 g/mol. The summed E-state index contributed by atoms with van der Waals surface area (Å²) in [6.45, 7) is 2.94. The summed E-state index contributed by atoms with van der Waals surface area (Å²) in [5.74, 6) is 0.894. The molecule has 0 saturated carbocycles. The summed E-state index contributed by atoms with van der Waals surface area (Å²) in [5, 5.41) is 0. The van der Waals surface area contributed by atoms with E-state index < -0.39 is 0 Å². The highest BCUT2D eigenvalue weighted by Crippen LogP contribution is 2.21. The average Bonchev–Trinajstić information content (AvgIpc) is 2.52. The third kappa shape index (κ3) is 4.80. The van der Waals surface area contributed by atoms with Gasteiger partial charge in [0, 0.05) is 25.3 Å². The minimum absolute atomic E-state index is 0.894. The van der Waals surface area contributed by atoms with Crippen molar-refractivity contribution in [3.63, 3.8) is 0 Å². The van der Waals surface area contributed by atoms with Crippen molar-refractivity contribution in [2.45, 2.75) is 6.54 Å². The van der Waals surface area contributed by atoms with Crippen LogP contribution in [0, 0.1) is 0 Å². The molecule has 0 N–H and O–H groups in total. The Balaban J connectivity index is 2.13. The summed E-state index contributed by atoms with van der Waals surface area (Å²) >= 11 is 0. The molecule has 0 radical (unpaired) electrons. The molecule has 2 rings (SSSR count). The Kier molecular flexibility index (Phi) is 5.64. The van der Waals surface area contributed by atoms with Gasteiger partial charge in [-0.15, -0.1) is 0 Å². The van der Waals surface area contributed by atoms with Crippen LogP contribution in [-0.2, 0) is 6.54 Å². The number of hydrogen-bond acceptors (Lipinski definition) is 3. The van der Waals surface area contributed by atoms with Gasteiger partial charge in [-0.2, -0.15) is 0 Å². The van der Waals surface area contributed by atoms with E-state index in [0.29, 0.717) is 0 Å². The molecule has 3 heteroatoms. The van der Waals surface area contributed by atoms with Gasteiger partial charge in [0.15, 0.2) is 0 Å². The molecule has 2 aromatic rings. The molecule has 21 heavy (non-hydrogen) atoms. The predicted molar refractivity (Wildman–Crippen MR) is 89.0 cm³/mol. The van der Waals surface area contributed by atoms with E-state index in [9.17, 15) is 0 Å². The highest BCUT2D eigenvalue weighted by molar-refractivity contribution is 5.49. The zero-order valence-corrected chi connectivity index (χ0v) is 13.1. The van der Waals surface area contributed by atoms with E-state index in [1.807, 2.05) is 12.1 Å². The van der Waals surface area contributed by atoms with Crippen molar-refractivity contribution in [1.29, 1.82) is 0 Å². The van der Waals surface area contributed by atoms with Gasteiger partial charge >= 0.3 is 0 Å². The quantitative estimate of drug-likeness (QED) is 0.776. The SMILES string of the molecule is COc1ccc(N(CCN(C)C)Cc2ccccc2)cc1.